The molecule has 11 rings (SSSR count). The number of benzene rings is 9. The van der Waals surface area contributed by atoms with Crippen molar-refractivity contribution in [1.82, 2.24) is 0 Å². The van der Waals surface area contributed by atoms with Crippen LogP contribution in [-0.4, -0.2) is 0 Å². The summed E-state index contributed by atoms with van der Waals surface area (Å²) in [5.74, 6) is 0. The Kier molecular flexibility index (Phi) is 6.76. The number of furan rings is 1. The van der Waals surface area contributed by atoms with E-state index in [0.29, 0.717) is 0 Å². The van der Waals surface area contributed by atoms with E-state index in [1.807, 2.05) is 23.5 Å². The van der Waals surface area contributed by atoms with Gasteiger partial charge in [0, 0.05) is 42.3 Å². The second kappa shape index (κ2) is 11.9. The molecule has 0 saturated heterocycles. The monoisotopic (exact) mass is 693 g/mol. The molecule has 0 amide bonds. The molecule has 0 bridgehead atoms. The van der Waals surface area contributed by atoms with E-state index in [2.05, 4.69) is 181 Å². The van der Waals surface area contributed by atoms with Crippen molar-refractivity contribution in [3.05, 3.63) is 188 Å². The topological polar surface area (TPSA) is 16.4 Å². The molecular formula is C50H31NOS. The van der Waals surface area contributed by atoms with Gasteiger partial charge in [-0.15, -0.1) is 11.3 Å². The lowest BCUT2D eigenvalue weighted by Gasteiger charge is -2.27. The van der Waals surface area contributed by atoms with Crippen LogP contribution < -0.4 is 4.90 Å². The summed E-state index contributed by atoms with van der Waals surface area (Å²) in [5, 5.41) is 9.70. The number of nitrogens with zero attached hydrogens (tertiary/aromatic N) is 1. The fourth-order valence-corrected chi connectivity index (χ4v) is 9.37. The summed E-state index contributed by atoms with van der Waals surface area (Å²) in [6.45, 7) is 0. The first kappa shape index (κ1) is 30.0. The zero-order valence-electron chi connectivity index (χ0n) is 28.7. The standard InChI is InChI=1S/C50H31NOS/c1-2-10-32(11-3-1)33-18-20-35(21-19-33)40-27-28-45(49-42-15-7-9-17-48(42)53-50(40)49)51(38-26-29-47-44(31-38)41-14-6-8-16-46(41)52-47)37-25-24-36-23-22-34-12-4-5-13-39(34)43(36)30-37/h1-31H. The van der Waals surface area contributed by atoms with Crippen molar-refractivity contribution in [1.29, 1.82) is 0 Å². The summed E-state index contributed by atoms with van der Waals surface area (Å²) < 4.78 is 8.86. The summed E-state index contributed by atoms with van der Waals surface area (Å²) in [6, 6.07) is 68.1. The van der Waals surface area contributed by atoms with Gasteiger partial charge in [-0.25, -0.2) is 0 Å². The SMILES string of the molecule is c1ccc(-c2ccc(-c3ccc(N(c4ccc5ccc6ccccc6c5c4)c4ccc5oc6ccccc6c5c4)c4c3sc3ccccc34)cc2)cc1. The first-order valence-electron chi connectivity index (χ1n) is 18.0. The zero-order chi connectivity index (χ0) is 34.9. The highest BCUT2D eigenvalue weighted by atomic mass is 32.1. The van der Waals surface area contributed by atoms with E-state index in [-0.39, 0.29) is 0 Å². The molecule has 0 radical (unpaired) electrons. The van der Waals surface area contributed by atoms with Crippen molar-refractivity contribution in [3.63, 3.8) is 0 Å². The third-order valence-electron chi connectivity index (χ3n) is 10.7. The summed E-state index contributed by atoms with van der Waals surface area (Å²) in [6.07, 6.45) is 0. The summed E-state index contributed by atoms with van der Waals surface area (Å²) in [5.41, 5.74) is 10.0. The molecule has 0 spiro atoms. The van der Waals surface area contributed by atoms with Gasteiger partial charge in [-0.3, -0.25) is 0 Å². The van der Waals surface area contributed by atoms with Crippen LogP contribution >= 0.6 is 11.3 Å². The van der Waals surface area contributed by atoms with Gasteiger partial charge in [-0.2, -0.15) is 0 Å². The normalized spacial score (nSPS) is 11.8. The van der Waals surface area contributed by atoms with Crippen LogP contribution in [0.15, 0.2) is 192 Å². The lowest BCUT2D eigenvalue weighted by Crippen LogP contribution is -2.10. The summed E-state index contributed by atoms with van der Waals surface area (Å²) in [4.78, 5) is 2.45. The molecular weight excluding hydrogens is 663 g/mol. The molecule has 2 heterocycles. The van der Waals surface area contributed by atoms with E-state index in [0.717, 1.165) is 39.0 Å². The molecule has 11 aromatic rings. The van der Waals surface area contributed by atoms with Crippen LogP contribution in [0.1, 0.15) is 0 Å². The summed E-state index contributed by atoms with van der Waals surface area (Å²) in [7, 11) is 0. The number of thiophene rings is 1. The Bertz CT molecular complexity index is 3170. The van der Waals surface area contributed by atoms with E-state index in [9.17, 15) is 0 Å². The van der Waals surface area contributed by atoms with E-state index in [4.69, 9.17) is 4.42 Å². The molecule has 248 valence electrons. The van der Waals surface area contributed by atoms with Gasteiger partial charge in [0.25, 0.3) is 0 Å². The molecule has 9 aromatic carbocycles. The van der Waals surface area contributed by atoms with E-state index in [1.165, 1.54) is 64.0 Å². The molecule has 3 heteroatoms. The molecule has 0 aliphatic heterocycles. The smallest absolute Gasteiger partial charge is 0.135 e. The number of fused-ring (bicyclic) bond motifs is 9. The Labute approximate surface area is 310 Å². The van der Waals surface area contributed by atoms with Gasteiger partial charge in [0.15, 0.2) is 0 Å². The van der Waals surface area contributed by atoms with Crippen LogP contribution in [0.4, 0.5) is 17.1 Å². The molecule has 0 fully saturated rings. The number of rotatable bonds is 5. The maximum Gasteiger partial charge on any atom is 0.135 e. The summed E-state index contributed by atoms with van der Waals surface area (Å²) >= 11 is 1.87. The van der Waals surface area contributed by atoms with Crippen molar-refractivity contribution in [3.8, 4) is 22.3 Å². The minimum absolute atomic E-state index is 0.889. The maximum atomic E-state index is 6.30. The Balaban J connectivity index is 1.18. The molecule has 53 heavy (non-hydrogen) atoms. The number of hydrogen-bond acceptors (Lipinski definition) is 3. The Morgan fingerprint density at radius 3 is 1.85 bits per heavy atom. The van der Waals surface area contributed by atoms with Crippen molar-refractivity contribution in [2.24, 2.45) is 0 Å². The second-order valence-electron chi connectivity index (χ2n) is 13.7. The van der Waals surface area contributed by atoms with Crippen molar-refractivity contribution in [2.45, 2.75) is 0 Å². The third-order valence-corrected chi connectivity index (χ3v) is 11.9. The van der Waals surface area contributed by atoms with E-state index < -0.39 is 0 Å². The first-order chi connectivity index (χ1) is 26.3. The van der Waals surface area contributed by atoms with Gasteiger partial charge in [-0.1, -0.05) is 140 Å². The quantitative estimate of drug-likeness (QED) is 0.167. The van der Waals surface area contributed by atoms with Crippen molar-refractivity contribution in [2.75, 3.05) is 4.90 Å². The van der Waals surface area contributed by atoms with Gasteiger partial charge >= 0.3 is 0 Å². The largest absolute Gasteiger partial charge is 0.456 e. The highest BCUT2D eigenvalue weighted by molar-refractivity contribution is 7.26. The van der Waals surface area contributed by atoms with Gasteiger partial charge in [0.1, 0.15) is 11.2 Å². The minimum atomic E-state index is 0.889. The molecule has 0 unspecified atom stereocenters. The minimum Gasteiger partial charge on any atom is -0.456 e. The van der Waals surface area contributed by atoms with Crippen LogP contribution in [0.5, 0.6) is 0 Å². The Hall–Kier alpha value is -6.68. The van der Waals surface area contributed by atoms with Crippen LogP contribution in [0, 0.1) is 0 Å². The fraction of sp³-hybridized carbons (Fsp3) is 0. The highest BCUT2D eigenvalue weighted by Gasteiger charge is 2.22. The molecule has 0 atom stereocenters. The maximum absolute atomic E-state index is 6.30. The molecule has 0 N–H and O–H groups in total. The molecule has 0 saturated carbocycles. The van der Waals surface area contributed by atoms with Gasteiger partial charge in [0.2, 0.25) is 0 Å². The molecule has 0 aliphatic rings. The second-order valence-corrected chi connectivity index (χ2v) is 14.7. The number of anilines is 3. The number of hydrogen-bond donors (Lipinski definition) is 0. The Morgan fingerprint density at radius 2 is 1.00 bits per heavy atom. The van der Waals surface area contributed by atoms with Crippen molar-refractivity contribution < 1.29 is 4.42 Å². The van der Waals surface area contributed by atoms with E-state index >= 15 is 0 Å². The zero-order valence-corrected chi connectivity index (χ0v) is 29.5. The molecule has 0 aliphatic carbocycles. The van der Waals surface area contributed by atoms with Gasteiger partial charge in [-0.05, 0) is 92.3 Å². The molecule has 2 nitrogen and oxygen atoms in total. The number of para-hydroxylation sites is 1. The lowest BCUT2D eigenvalue weighted by molar-refractivity contribution is 0.669. The van der Waals surface area contributed by atoms with Crippen LogP contribution in [-0.2, 0) is 0 Å². The van der Waals surface area contributed by atoms with Crippen molar-refractivity contribution >= 4 is 92.1 Å². The average molecular weight is 694 g/mol. The Morgan fingerprint density at radius 1 is 0.396 bits per heavy atom. The van der Waals surface area contributed by atoms with Gasteiger partial charge < -0.3 is 9.32 Å². The lowest BCUT2D eigenvalue weighted by atomic mass is 9.97. The van der Waals surface area contributed by atoms with Crippen LogP contribution in [0.3, 0.4) is 0 Å². The fourth-order valence-electron chi connectivity index (χ4n) is 8.11. The predicted molar refractivity (Wildman–Crippen MR) is 227 cm³/mol. The average Bonchev–Trinajstić information content (AvgIpc) is 3.80. The highest BCUT2D eigenvalue weighted by Crippen LogP contribution is 2.49. The van der Waals surface area contributed by atoms with E-state index in [1.54, 1.807) is 0 Å². The molecule has 2 aromatic heterocycles. The predicted octanol–water partition coefficient (Wildman–Crippen LogP) is 15.1. The third kappa shape index (κ3) is 4.86. The van der Waals surface area contributed by atoms with Gasteiger partial charge in [0.05, 0.1) is 5.69 Å². The first-order valence-corrected chi connectivity index (χ1v) is 18.8. The van der Waals surface area contributed by atoms with Crippen LogP contribution in [0.2, 0.25) is 0 Å². The van der Waals surface area contributed by atoms with Crippen LogP contribution in [0.25, 0.3) is 85.9 Å².